The minimum Gasteiger partial charge on any atom is -0.490 e. The molecule has 0 saturated heterocycles. The number of hydrazone groups is 1. The number of hydrogen-bond acceptors (Lipinski definition) is 7. The Morgan fingerprint density at radius 2 is 1.73 bits per heavy atom. The molecular weight excluding hydrogens is 666 g/mol. The smallest absolute Gasteiger partial charge is 0.355 e. The number of benzene rings is 4. The molecule has 2 N–H and O–H groups in total. The van der Waals surface area contributed by atoms with Gasteiger partial charge in [0.05, 0.1) is 24.3 Å². The van der Waals surface area contributed by atoms with Gasteiger partial charge >= 0.3 is 5.97 Å². The van der Waals surface area contributed by atoms with Crippen molar-refractivity contribution in [1.29, 1.82) is 0 Å². The number of esters is 1. The minimum absolute atomic E-state index is 0.150. The molecule has 0 atom stereocenters. The molecule has 0 unspecified atom stereocenters. The van der Waals surface area contributed by atoms with Crippen molar-refractivity contribution in [2.24, 2.45) is 5.10 Å². The Balaban J connectivity index is 1.19. The number of amides is 2. The number of ether oxygens (including phenoxy) is 2. The van der Waals surface area contributed by atoms with Crippen LogP contribution in [0.3, 0.4) is 0 Å². The van der Waals surface area contributed by atoms with Gasteiger partial charge in [-0.25, -0.2) is 10.2 Å². The quantitative estimate of drug-likeness (QED) is 0.0672. The van der Waals surface area contributed by atoms with E-state index in [9.17, 15) is 14.4 Å². The molecule has 0 radical (unpaired) electrons. The topological polar surface area (TPSA) is 106 Å². The van der Waals surface area contributed by atoms with Crippen LogP contribution in [-0.4, -0.2) is 30.6 Å². The number of carbonyl (C=O) groups excluding carboxylic acids is 3. The van der Waals surface area contributed by atoms with Gasteiger partial charge in [0.25, 0.3) is 5.91 Å². The van der Waals surface area contributed by atoms with Gasteiger partial charge < -0.3 is 14.8 Å². The van der Waals surface area contributed by atoms with Gasteiger partial charge in [-0.2, -0.15) is 5.10 Å². The van der Waals surface area contributed by atoms with E-state index in [1.165, 1.54) is 17.6 Å². The summed E-state index contributed by atoms with van der Waals surface area (Å²) in [5.41, 5.74) is 4.95. The van der Waals surface area contributed by atoms with Crippen molar-refractivity contribution in [3.05, 3.63) is 122 Å². The summed E-state index contributed by atoms with van der Waals surface area (Å²) in [5, 5.41) is 7.97. The van der Waals surface area contributed by atoms with Gasteiger partial charge in [0.2, 0.25) is 5.91 Å². The highest BCUT2D eigenvalue weighted by atomic mass is 79.9. The Bertz CT molecular complexity index is 1860. The number of nitrogens with zero attached hydrogens (tertiary/aromatic N) is 1. The molecule has 1 aromatic heterocycles. The third-order valence-corrected chi connectivity index (χ3v) is 8.40. The molecule has 0 aliphatic rings. The van der Waals surface area contributed by atoms with Crippen LogP contribution in [0.5, 0.6) is 11.5 Å². The molecule has 4 aromatic carbocycles. The van der Waals surface area contributed by atoms with Crippen LogP contribution >= 0.6 is 38.9 Å². The molecule has 2 amide bonds. The van der Waals surface area contributed by atoms with Crippen molar-refractivity contribution in [2.45, 2.75) is 13.3 Å². The molecule has 5 rings (SSSR count). The van der Waals surface area contributed by atoms with Crippen LogP contribution in [0.4, 0.5) is 5.69 Å². The molecule has 0 fully saturated rings. The van der Waals surface area contributed by atoms with Crippen molar-refractivity contribution in [3.8, 4) is 11.5 Å². The van der Waals surface area contributed by atoms with E-state index in [1.54, 1.807) is 42.5 Å². The summed E-state index contributed by atoms with van der Waals surface area (Å²) < 4.78 is 13.1. The predicted octanol–water partition coefficient (Wildman–Crippen LogP) is 7.88. The van der Waals surface area contributed by atoms with Crippen molar-refractivity contribution in [2.75, 3.05) is 11.9 Å². The van der Waals surface area contributed by atoms with Crippen LogP contribution < -0.4 is 20.2 Å². The van der Waals surface area contributed by atoms with Gasteiger partial charge in [0.15, 0.2) is 11.5 Å². The number of anilines is 1. The molecule has 5 aromatic rings. The van der Waals surface area contributed by atoms with Crippen LogP contribution in [0, 0.1) is 0 Å². The number of rotatable bonds is 10. The van der Waals surface area contributed by atoms with E-state index in [2.05, 4.69) is 31.8 Å². The van der Waals surface area contributed by atoms with E-state index >= 15 is 0 Å². The second-order valence-electron chi connectivity index (χ2n) is 9.40. The fourth-order valence-electron chi connectivity index (χ4n) is 4.20. The van der Waals surface area contributed by atoms with Gasteiger partial charge in [-0.1, -0.05) is 63.9 Å². The molecule has 222 valence electrons. The maximum absolute atomic E-state index is 13.0. The zero-order valence-electron chi connectivity index (χ0n) is 23.3. The van der Waals surface area contributed by atoms with E-state index in [0.29, 0.717) is 34.2 Å². The zero-order chi connectivity index (χ0) is 31.1. The van der Waals surface area contributed by atoms with Gasteiger partial charge in [0, 0.05) is 25.8 Å². The number of hydrogen-bond donors (Lipinski definition) is 2. The standard InChI is InChI=1S/C33H25BrClN3O5S/c1-2-42-27-16-21(8-15-26(27)43-33(41)31-30(35)25-14-11-23(34)18-28(25)44-31)19-36-38-32(40)22-9-12-24(13-10-22)37-29(39)17-20-6-4-3-5-7-20/h3-16,18-19H,2,17H2,1H3,(H,37,39)(H,38,40)/b36-19-. The van der Waals surface area contributed by atoms with Gasteiger partial charge in [-0.15, -0.1) is 11.3 Å². The lowest BCUT2D eigenvalue weighted by atomic mass is 10.1. The highest BCUT2D eigenvalue weighted by molar-refractivity contribution is 9.10. The number of fused-ring (bicyclic) bond motifs is 1. The molecule has 0 aliphatic heterocycles. The summed E-state index contributed by atoms with van der Waals surface area (Å²) in [5.74, 6) is -0.609. The van der Waals surface area contributed by atoms with Gasteiger partial charge in [0.1, 0.15) is 4.88 Å². The first-order valence-electron chi connectivity index (χ1n) is 13.4. The average molecular weight is 691 g/mol. The fourth-order valence-corrected chi connectivity index (χ4v) is 6.13. The summed E-state index contributed by atoms with van der Waals surface area (Å²) in [6.07, 6.45) is 1.70. The Hall–Kier alpha value is -4.51. The molecule has 8 nitrogen and oxygen atoms in total. The number of halogens is 2. The molecule has 0 spiro atoms. The normalized spacial score (nSPS) is 11.0. The molecule has 44 heavy (non-hydrogen) atoms. The third-order valence-electron chi connectivity index (χ3n) is 6.27. The predicted molar refractivity (Wildman–Crippen MR) is 177 cm³/mol. The van der Waals surface area contributed by atoms with E-state index in [4.69, 9.17) is 21.1 Å². The van der Waals surface area contributed by atoms with E-state index in [0.717, 1.165) is 20.1 Å². The Morgan fingerprint density at radius 1 is 0.955 bits per heavy atom. The summed E-state index contributed by atoms with van der Waals surface area (Å²) in [4.78, 5) is 38.2. The Morgan fingerprint density at radius 3 is 2.48 bits per heavy atom. The SMILES string of the molecule is CCOc1cc(/C=N\NC(=O)c2ccc(NC(=O)Cc3ccccc3)cc2)ccc1OC(=O)c1sc2cc(Br)ccc2c1Cl. The first kappa shape index (κ1) is 30.9. The van der Waals surface area contributed by atoms with Crippen LogP contribution in [0.15, 0.2) is 101 Å². The maximum atomic E-state index is 13.0. The fraction of sp³-hybridized carbons (Fsp3) is 0.0909. The largest absolute Gasteiger partial charge is 0.490 e. The monoisotopic (exact) mass is 689 g/mol. The molecule has 0 bridgehead atoms. The third kappa shape index (κ3) is 7.71. The Labute approximate surface area is 270 Å². The second-order valence-corrected chi connectivity index (χ2v) is 11.7. The number of carbonyl (C=O) groups is 3. The molecular formula is C33H25BrClN3O5S. The van der Waals surface area contributed by atoms with Crippen molar-refractivity contribution < 1.29 is 23.9 Å². The number of nitrogens with one attached hydrogen (secondary N) is 2. The lowest BCUT2D eigenvalue weighted by Gasteiger charge is -2.11. The van der Waals surface area contributed by atoms with E-state index < -0.39 is 11.9 Å². The second kappa shape index (κ2) is 14.3. The van der Waals surface area contributed by atoms with Crippen molar-refractivity contribution in [3.63, 3.8) is 0 Å². The highest BCUT2D eigenvalue weighted by Crippen LogP contribution is 2.38. The molecule has 0 saturated carbocycles. The summed E-state index contributed by atoms with van der Waals surface area (Å²) in [6, 6.07) is 26.5. The zero-order valence-corrected chi connectivity index (χ0v) is 26.5. The van der Waals surface area contributed by atoms with E-state index in [-0.39, 0.29) is 23.0 Å². The van der Waals surface area contributed by atoms with Crippen LogP contribution in [0.1, 0.15) is 38.1 Å². The lowest BCUT2D eigenvalue weighted by molar-refractivity contribution is -0.115. The number of thiophene rings is 1. The summed E-state index contributed by atoms with van der Waals surface area (Å²) in [7, 11) is 0. The Kier molecular flexibility index (Phi) is 10.1. The van der Waals surface area contributed by atoms with Crippen LogP contribution in [0.25, 0.3) is 10.1 Å². The summed E-state index contributed by atoms with van der Waals surface area (Å²) >= 11 is 11.1. The van der Waals surface area contributed by atoms with Crippen LogP contribution in [-0.2, 0) is 11.2 Å². The van der Waals surface area contributed by atoms with E-state index in [1.807, 2.05) is 55.5 Å². The van der Waals surface area contributed by atoms with Gasteiger partial charge in [-0.3, -0.25) is 9.59 Å². The minimum atomic E-state index is -0.594. The molecule has 0 aliphatic carbocycles. The summed E-state index contributed by atoms with van der Waals surface area (Å²) in [6.45, 7) is 2.15. The van der Waals surface area contributed by atoms with Crippen molar-refractivity contribution >= 4 is 78.6 Å². The first-order valence-corrected chi connectivity index (χ1v) is 15.4. The molecule has 1 heterocycles. The average Bonchev–Trinajstić information content (AvgIpc) is 3.34. The first-order chi connectivity index (χ1) is 21.3. The van der Waals surface area contributed by atoms with Gasteiger partial charge in [-0.05, 0) is 72.6 Å². The lowest BCUT2D eigenvalue weighted by Crippen LogP contribution is -2.18. The molecule has 11 heteroatoms. The highest BCUT2D eigenvalue weighted by Gasteiger charge is 2.21. The van der Waals surface area contributed by atoms with Crippen molar-refractivity contribution in [1.82, 2.24) is 5.43 Å². The maximum Gasteiger partial charge on any atom is 0.355 e. The van der Waals surface area contributed by atoms with Crippen LogP contribution in [0.2, 0.25) is 5.02 Å².